The molecule has 3 fully saturated rings. The molecular formula is C35H41F2N3O5S. The van der Waals surface area contributed by atoms with Gasteiger partial charge in [0.1, 0.15) is 23.5 Å². The van der Waals surface area contributed by atoms with Gasteiger partial charge in [-0.15, -0.1) is 0 Å². The fourth-order valence-electron chi connectivity index (χ4n) is 7.46. The molecule has 3 aromatic rings. The van der Waals surface area contributed by atoms with Crippen LogP contribution in [0, 0.1) is 11.8 Å². The first-order valence-electron chi connectivity index (χ1n) is 16.1. The number of nitrogens with one attached hydrogen (secondary N) is 1. The van der Waals surface area contributed by atoms with Crippen LogP contribution in [0.3, 0.4) is 0 Å². The van der Waals surface area contributed by atoms with Gasteiger partial charge in [-0.3, -0.25) is 9.63 Å². The number of rotatable bonds is 11. The predicted octanol–water partition coefficient (Wildman–Crippen LogP) is 6.53. The maximum absolute atomic E-state index is 17.1. The second kappa shape index (κ2) is 13.8. The molecule has 2 saturated heterocycles. The summed E-state index contributed by atoms with van der Waals surface area (Å²) in [5.74, 6) is -5.94. The van der Waals surface area contributed by atoms with Crippen molar-refractivity contribution in [2.24, 2.45) is 17.6 Å². The Kier molecular flexibility index (Phi) is 9.75. The van der Waals surface area contributed by atoms with Gasteiger partial charge in [-0.25, -0.2) is 17.2 Å². The zero-order chi connectivity index (χ0) is 32.3. The lowest BCUT2D eigenvalue weighted by atomic mass is 9.76. The maximum Gasteiger partial charge on any atom is 0.287 e. The van der Waals surface area contributed by atoms with Gasteiger partial charge in [-0.05, 0) is 93.0 Å². The van der Waals surface area contributed by atoms with Gasteiger partial charge < -0.3 is 15.4 Å². The van der Waals surface area contributed by atoms with Crippen molar-refractivity contribution < 1.29 is 31.6 Å². The number of hydrogen-bond donors (Lipinski definition) is 2. The topological polar surface area (TPSA) is 111 Å². The van der Waals surface area contributed by atoms with Gasteiger partial charge in [0.15, 0.2) is 0 Å². The Morgan fingerprint density at radius 2 is 1.39 bits per heavy atom. The summed E-state index contributed by atoms with van der Waals surface area (Å²) in [4.78, 5) is 24.2. The van der Waals surface area contributed by atoms with Crippen molar-refractivity contribution in [3.63, 3.8) is 0 Å². The van der Waals surface area contributed by atoms with Crippen molar-refractivity contribution in [2.45, 2.75) is 92.8 Å². The third-order valence-corrected chi connectivity index (χ3v) is 10.9. The summed E-state index contributed by atoms with van der Waals surface area (Å²) in [5.41, 5.74) is 5.90. The average Bonchev–Trinajstić information content (AvgIpc) is 3.34. The van der Waals surface area contributed by atoms with Crippen LogP contribution in [0.1, 0.15) is 63.4 Å². The zero-order valence-corrected chi connectivity index (χ0v) is 26.5. The monoisotopic (exact) mass is 653 g/mol. The Morgan fingerprint density at radius 3 is 2.00 bits per heavy atom. The van der Waals surface area contributed by atoms with Gasteiger partial charge in [-0.1, -0.05) is 60.5 Å². The summed E-state index contributed by atoms with van der Waals surface area (Å²) in [6, 6.07) is 21.5. The highest BCUT2D eigenvalue weighted by Crippen LogP contribution is 2.47. The van der Waals surface area contributed by atoms with Crippen molar-refractivity contribution in [1.29, 1.82) is 0 Å². The number of sulfonamides is 1. The molecule has 3 aliphatic rings. The lowest BCUT2D eigenvalue weighted by molar-refractivity contribution is -0.186. The number of fused-ring (bicyclic) bond motifs is 2. The molecule has 2 aliphatic heterocycles. The van der Waals surface area contributed by atoms with E-state index >= 15 is 8.78 Å². The van der Waals surface area contributed by atoms with E-state index in [4.69, 9.17) is 15.3 Å². The summed E-state index contributed by atoms with van der Waals surface area (Å²) in [6.45, 7) is 0. The highest BCUT2D eigenvalue weighted by molar-refractivity contribution is 7.89. The summed E-state index contributed by atoms with van der Waals surface area (Å²) >= 11 is 0. The van der Waals surface area contributed by atoms with Crippen molar-refractivity contribution >= 4 is 15.9 Å². The molecule has 1 saturated carbocycles. The molecule has 6 rings (SSSR count). The van der Waals surface area contributed by atoms with Gasteiger partial charge in [0.05, 0.1) is 4.90 Å². The minimum atomic E-state index is -4.22. The molecule has 8 nitrogen and oxygen atoms in total. The van der Waals surface area contributed by atoms with E-state index in [1.807, 2.05) is 18.2 Å². The largest absolute Gasteiger partial charge is 0.457 e. The number of amides is 1. The highest BCUT2D eigenvalue weighted by Gasteiger charge is 2.57. The minimum Gasteiger partial charge on any atom is -0.457 e. The van der Waals surface area contributed by atoms with Gasteiger partial charge in [0.25, 0.3) is 15.9 Å². The first kappa shape index (κ1) is 32.6. The molecule has 1 aliphatic carbocycles. The molecule has 3 N–H and O–H groups in total. The fourth-order valence-corrected chi connectivity index (χ4v) is 8.31. The summed E-state index contributed by atoms with van der Waals surface area (Å²) in [7, 11) is -4.22. The number of nitrogens with two attached hydrogens (primary N) is 1. The SMILES string of the molecule is NC1C[C@@H]2CC[C@@H](C1)N2C(=O)[C@H](C(ONS(=O)(=O)c1ccccc1)C1CCCCC1)C(F)(F)c1ccc(Oc2ccccc2)cc1. The standard InChI is InChI=1S/C35H41F2N3O5S/c36-35(37,25-16-20-30(21-17-25)44-29-12-6-2-7-13-29)32(34(41)40-27-18-19-28(40)23-26(38)22-27)33(24-10-4-1-5-11-24)45-39-46(42,43)31-14-8-3-9-15-31/h2-3,6-9,12-17,20-21,24,26-28,32-33,39H,1,4-5,10-11,18-19,22-23,38H2/t27-,28-,32-,33?/m0/s1. The van der Waals surface area contributed by atoms with E-state index in [9.17, 15) is 13.2 Å². The molecule has 4 atom stereocenters. The Hall–Kier alpha value is -3.38. The highest BCUT2D eigenvalue weighted by atomic mass is 32.2. The first-order chi connectivity index (χ1) is 22.1. The Bertz CT molecular complexity index is 1560. The average molecular weight is 654 g/mol. The second-order valence-corrected chi connectivity index (χ2v) is 14.4. The van der Waals surface area contributed by atoms with Crippen LogP contribution in [-0.2, 0) is 25.6 Å². The summed E-state index contributed by atoms with van der Waals surface area (Å²) < 4.78 is 66.5. The van der Waals surface area contributed by atoms with Gasteiger partial charge in [-0.2, -0.15) is 0 Å². The number of carbonyl (C=O) groups is 1. The van der Waals surface area contributed by atoms with Crippen LogP contribution in [-0.4, -0.2) is 43.5 Å². The predicted molar refractivity (Wildman–Crippen MR) is 169 cm³/mol. The number of hydrogen-bond acceptors (Lipinski definition) is 6. The van der Waals surface area contributed by atoms with E-state index in [1.54, 1.807) is 35.2 Å². The molecule has 246 valence electrons. The van der Waals surface area contributed by atoms with Crippen LogP contribution >= 0.6 is 0 Å². The molecule has 2 bridgehead atoms. The van der Waals surface area contributed by atoms with Gasteiger partial charge in [0.2, 0.25) is 5.91 Å². The molecule has 0 spiro atoms. The van der Waals surface area contributed by atoms with Crippen molar-refractivity contribution in [3.05, 3.63) is 90.5 Å². The van der Waals surface area contributed by atoms with E-state index < -0.39 is 39.8 Å². The number of para-hydroxylation sites is 1. The van der Waals surface area contributed by atoms with Gasteiger partial charge >= 0.3 is 0 Å². The quantitative estimate of drug-likeness (QED) is 0.228. The normalized spacial score (nSPS) is 23.5. The zero-order valence-electron chi connectivity index (χ0n) is 25.6. The molecule has 0 aromatic heterocycles. The Balaban J connectivity index is 1.36. The van der Waals surface area contributed by atoms with Crippen LogP contribution < -0.4 is 15.4 Å². The number of nitrogens with zero attached hydrogens (tertiary/aromatic N) is 1. The van der Waals surface area contributed by atoms with Crippen LogP contribution in [0.25, 0.3) is 0 Å². The Morgan fingerprint density at radius 1 is 0.826 bits per heavy atom. The minimum absolute atomic E-state index is 0.0656. The third kappa shape index (κ3) is 6.97. The number of benzene rings is 3. The van der Waals surface area contributed by atoms with Crippen molar-refractivity contribution in [1.82, 2.24) is 9.79 Å². The molecule has 46 heavy (non-hydrogen) atoms. The van der Waals surface area contributed by atoms with E-state index in [1.165, 1.54) is 36.4 Å². The lowest BCUT2D eigenvalue weighted by Gasteiger charge is -2.44. The molecule has 2 heterocycles. The van der Waals surface area contributed by atoms with E-state index in [0.717, 1.165) is 19.3 Å². The molecular weight excluding hydrogens is 612 g/mol. The Labute approximate surface area is 269 Å². The van der Waals surface area contributed by atoms with Gasteiger partial charge in [0, 0.05) is 23.7 Å². The maximum atomic E-state index is 17.1. The first-order valence-corrected chi connectivity index (χ1v) is 17.6. The number of piperidine rings is 1. The van der Waals surface area contributed by atoms with E-state index in [-0.39, 0.29) is 28.6 Å². The number of halogens is 2. The van der Waals surface area contributed by atoms with Crippen molar-refractivity contribution in [2.75, 3.05) is 0 Å². The van der Waals surface area contributed by atoms with E-state index in [2.05, 4.69) is 4.89 Å². The van der Waals surface area contributed by atoms with Crippen LogP contribution in [0.5, 0.6) is 11.5 Å². The van der Waals surface area contributed by atoms with E-state index in [0.29, 0.717) is 50.0 Å². The lowest BCUT2D eigenvalue weighted by Crippen LogP contribution is -2.58. The molecule has 1 amide bonds. The molecule has 3 aromatic carbocycles. The number of carbonyl (C=O) groups excluding carboxylic acids is 1. The smallest absolute Gasteiger partial charge is 0.287 e. The molecule has 1 unspecified atom stereocenters. The molecule has 11 heteroatoms. The van der Waals surface area contributed by atoms with Crippen LogP contribution in [0.4, 0.5) is 8.78 Å². The fraction of sp³-hybridized carbons (Fsp3) is 0.457. The summed E-state index contributed by atoms with van der Waals surface area (Å²) in [5, 5.41) is 0. The van der Waals surface area contributed by atoms with Crippen LogP contribution in [0.15, 0.2) is 89.8 Å². The third-order valence-electron chi connectivity index (χ3n) is 9.69. The molecule has 0 radical (unpaired) electrons. The number of ether oxygens (including phenoxy) is 1. The second-order valence-electron chi connectivity index (χ2n) is 12.8. The van der Waals surface area contributed by atoms with Crippen LogP contribution in [0.2, 0.25) is 0 Å². The number of alkyl halides is 2. The van der Waals surface area contributed by atoms with Crippen molar-refractivity contribution in [3.8, 4) is 11.5 Å². The summed E-state index contributed by atoms with van der Waals surface area (Å²) in [6.07, 6.45) is 4.63.